The number of carbonyl (C=O) groups excluding carboxylic acids is 1. The fraction of sp³-hybridized carbons (Fsp3) is 0.273. The number of hydrogen-bond donors (Lipinski definition) is 6. The predicted molar refractivity (Wildman–Crippen MR) is 66.4 cm³/mol. The van der Waals surface area contributed by atoms with E-state index >= 15 is 0 Å². The first-order valence-corrected chi connectivity index (χ1v) is 5.44. The second kappa shape index (κ2) is 6.45. The molecule has 0 aliphatic heterocycles. The van der Waals surface area contributed by atoms with Crippen LogP contribution in [0.25, 0.3) is 0 Å². The standard InChI is InChI=1S/C11H15N3O5/c12-10(17)2-1-9(11(18)19)14-13-6-3-7(15)5-8(16)4-6/h3-5,9,13-16H,1-2H2,(H2,12,17)(H,18,19)/t9-/m1/s1. The SMILES string of the molecule is NC(=O)CC[C@@H](NNc1cc(O)cc(O)c1)C(=O)O. The number of rotatable bonds is 7. The lowest BCUT2D eigenvalue weighted by molar-refractivity contribution is -0.139. The zero-order valence-corrected chi connectivity index (χ0v) is 9.96. The van der Waals surface area contributed by atoms with Crippen molar-refractivity contribution < 1.29 is 24.9 Å². The minimum Gasteiger partial charge on any atom is -0.508 e. The van der Waals surface area contributed by atoms with Gasteiger partial charge >= 0.3 is 5.97 Å². The summed E-state index contributed by atoms with van der Waals surface area (Å²) >= 11 is 0. The Bertz CT molecular complexity index is 457. The largest absolute Gasteiger partial charge is 0.508 e. The number of benzene rings is 1. The number of aliphatic carboxylic acids is 1. The minimum absolute atomic E-state index is 0.0163. The Morgan fingerprint density at radius 1 is 1.21 bits per heavy atom. The number of hydrogen-bond acceptors (Lipinski definition) is 6. The zero-order valence-electron chi connectivity index (χ0n) is 9.96. The number of carbonyl (C=O) groups is 2. The van der Waals surface area contributed by atoms with Crippen LogP contribution in [-0.4, -0.2) is 33.2 Å². The average Bonchev–Trinajstić information content (AvgIpc) is 2.26. The average molecular weight is 269 g/mol. The molecule has 0 saturated heterocycles. The third-order valence-electron chi connectivity index (χ3n) is 2.27. The topological polar surface area (TPSA) is 145 Å². The van der Waals surface area contributed by atoms with Crippen LogP contribution in [0.2, 0.25) is 0 Å². The normalized spacial score (nSPS) is 11.8. The van der Waals surface area contributed by atoms with Gasteiger partial charge in [0.2, 0.25) is 5.91 Å². The van der Waals surface area contributed by atoms with Gasteiger partial charge in [0.05, 0.1) is 5.69 Å². The van der Waals surface area contributed by atoms with Crippen molar-refractivity contribution in [3.8, 4) is 11.5 Å². The van der Waals surface area contributed by atoms with Crippen molar-refractivity contribution in [1.29, 1.82) is 0 Å². The molecule has 0 aliphatic carbocycles. The summed E-state index contributed by atoms with van der Waals surface area (Å²) in [6.45, 7) is 0. The van der Waals surface area contributed by atoms with Crippen LogP contribution in [0.5, 0.6) is 11.5 Å². The number of hydrazine groups is 1. The highest BCUT2D eigenvalue weighted by Gasteiger charge is 2.17. The van der Waals surface area contributed by atoms with E-state index in [4.69, 9.17) is 10.8 Å². The second-order valence-corrected chi connectivity index (χ2v) is 3.90. The highest BCUT2D eigenvalue weighted by Crippen LogP contribution is 2.23. The van der Waals surface area contributed by atoms with Crippen LogP contribution in [0.4, 0.5) is 5.69 Å². The fourth-order valence-corrected chi connectivity index (χ4v) is 1.38. The van der Waals surface area contributed by atoms with Crippen molar-refractivity contribution in [2.45, 2.75) is 18.9 Å². The van der Waals surface area contributed by atoms with E-state index < -0.39 is 17.9 Å². The number of carboxylic acids is 1. The van der Waals surface area contributed by atoms with Crippen LogP contribution in [0.15, 0.2) is 18.2 Å². The van der Waals surface area contributed by atoms with Crippen molar-refractivity contribution in [1.82, 2.24) is 5.43 Å². The minimum atomic E-state index is -1.15. The van der Waals surface area contributed by atoms with Gasteiger partial charge in [0.15, 0.2) is 0 Å². The van der Waals surface area contributed by atoms with E-state index in [-0.39, 0.29) is 30.0 Å². The predicted octanol–water partition coefficient (Wildman–Crippen LogP) is -0.267. The number of phenolic OH excluding ortho intramolecular Hbond substituents is 2. The molecule has 0 heterocycles. The summed E-state index contributed by atoms with van der Waals surface area (Å²) in [5, 5.41) is 27.4. The van der Waals surface area contributed by atoms with Gasteiger partial charge in [0.25, 0.3) is 0 Å². The summed E-state index contributed by atoms with van der Waals surface area (Å²) in [4.78, 5) is 21.5. The molecule has 0 aromatic heterocycles. The van der Waals surface area contributed by atoms with Crippen LogP contribution in [0.3, 0.4) is 0 Å². The Kier molecular flexibility index (Phi) is 4.95. The number of carboxylic acid groups (broad SMARTS) is 1. The summed E-state index contributed by atoms with van der Waals surface area (Å²) in [6, 6.07) is 2.68. The Morgan fingerprint density at radius 2 is 1.79 bits per heavy atom. The first kappa shape index (κ1) is 14.6. The molecule has 0 bridgehead atoms. The monoisotopic (exact) mass is 269 g/mol. The molecule has 1 amide bonds. The van der Waals surface area contributed by atoms with E-state index in [1.807, 2.05) is 0 Å². The Morgan fingerprint density at radius 3 is 2.26 bits per heavy atom. The maximum Gasteiger partial charge on any atom is 0.322 e. The first-order valence-electron chi connectivity index (χ1n) is 5.44. The molecular formula is C11H15N3O5. The van der Waals surface area contributed by atoms with Gasteiger partial charge in [0.1, 0.15) is 17.5 Å². The second-order valence-electron chi connectivity index (χ2n) is 3.90. The van der Waals surface area contributed by atoms with Gasteiger partial charge in [-0.05, 0) is 6.42 Å². The van der Waals surface area contributed by atoms with Crippen molar-refractivity contribution >= 4 is 17.6 Å². The van der Waals surface area contributed by atoms with Gasteiger partial charge < -0.3 is 26.5 Å². The maximum atomic E-state index is 10.9. The lowest BCUT2D eigenvalue weighted by Crippen LogP contribution is -2.41. The van der Waals surface area contributed by atoms with Crippen molar-refractivity contribution in [2.24, 2.45) is 5.73 Å². The van der Waals surface area contributed by atoms with E-state index in [0.717, 1.165) is 6.07 Å². The molecule has 1 rings (SSSR count). The number of nitrogens with two attached hydrogens (primary N) is 1. The smallest absolute Gasteiger partial charge is 0.322 e. The van der Waals surface area contributed by atoms with Crippen LogP contribution >= 0.6 is 0 Å². The molecule has 0 unspecified atom stereocenters. The van der Waals surface area contributed by atoms with Crippen LogP contribution < -0.4 is 16.6 Å². The van der Waals surface area contributed by atoms with E-state index in [1.165, 1.54) is 12.1 Å². The number of primary amides is 1. The molecular weight excluding hydrogens is 254 g/mol. The quantitative estimate of drug-likeness (QED) is 0.374. The third kappa shape index (κ3) is 5.13. The molecule has 0 fully saturated rings. The van der Waals surface area contributed by atoms with Crippen LogP contribution in [0, 0.1) is 0 Å². The Balaban J connectivity index is 2.60. The van der Waals surface area contributed by atoms with Crippen molar-refractivity contribution in [3.05, 3.63) is 18.2 Å². The lowest BCUT2D eigenvalue weighted by atomic mass is 10.1. The third-order valence-corrected chi connectivity index (χ3v) is 2.27. The summed E-state index contributed by atoms with van der Waals surface area (Å²) in [7, 11) is 0. The molecule has 0 saturated carbocycles. The molecule has 8 heteroatoms. The lowest BCUT2D eigenvalue weighted by Gasteiger charge is -2.15. The molecule has 0 spiro atoms. The van der Waals surface area contributed by atoms with Crippen molar-refractivity contribution in [2.75, 3.05) is 5.43 Å². The van der Waals surface area contributed by atoms with Gasteiger partial charge in [0, 0.05) is 24.6 Å². The van der Waals surface area contributed by atoms with Crippen LogP contribution in [0.1, 0.15) is 12.8 Å². The van der Waals surface area contributed by atoms with E-state index in [2.05, 4.69) is 10.9 Å². The first-order chi connectivity index (χ1) is 8.88. The number of phenols is 2. The van der Waals surface area contributed by atoms with Crippen LogP contribution in [-0.2, 0) is 9.59 Å². The molecule has 0 radical (unpaired) electrons. The molecule has 1 aromatic rings. The summed E-state index contributed by atoms with van der Waals surface area (Å²) in [5.74, 6) is -2.09. The Labute approximate surface area is 108 Å². The molecule has 0 aliphatic rings. The van der Waals surface area contributed by atoms with Gasteiger partial charge in [-0.15, -0.1) is 0 Å². The molecule has 7 N–H and O–H groups in total. The molecule has 8 nitrogen and oxygen atoms in total. The summed E-state index contributed by atoms with van der Waals surface area (Å²) in [5.41, 5.74) is 10.2. The van der Waals surface area contributed by atoms with Gasteiger partial charge in [-0.25, -0.2) is 5.43 Å². The number of nitrogens with one attached hydrogen (secondary N) is 2. The zero-order chi connectivity index (χ0) is 14.4. The summed E-state index contributed by atoms with van der Waals surface area (Å²) < 4.78 is 0. The highest BCUT2D eigenvalue weighted by molar-refractivity contribution is 5.77. The molecule has 19 heavy (non-hydrogen) atoms. The number of amides is 1. The highest BCUT2D eigenvalue weighted by atomic mass is 16.4. The fourth-order valence-electron chi connectivity index (χ4n) is 1.38. The number of anilines is 1. The van der Waals surface area contributed by atoms with Gasteiger partial charge in [-0.2, -0.15) is 0 Å². The van der Waals surface area contributed by atoms with Gasteiger partial charge in [-0.3, -0.25) is 9.59 Å². The molecule has 1 atom stereocenters. The molecule has 1 aromatic carbocycles. The maximum absolute atomic E-state index is 10.9. The van der Waals surface area contributed by atoms with E-state index in [1.54, 1.807) is 0 Å². The Hall–Kier alpha value is -2.48. The summed E-state index contributed by atoms with van der Waals surface area (Å²) in [6.07, 6.45) is -0.0561. The van der Waals surface area contributed by atoms with Crippen molar-refractivity contribution in [3.63, 3.8) is 0 Å². The van der Waals surface area contributed by atoms with E-state index in [0.29, 0.717) is 0 Å². The van der Waals surface area contributed by atoms with E-state index in [9.17, 15) is 19.8 Å². The number of aromatic hydroxyl groups is 2. The molecule has 104 valence electrons. The van der Waals surface area contributed by atoms with Gasteiger partial charge in [-0.1, -0.05) is 0 Å².